The van der Waals surface area contributed by atoms with E-state index in [2.05, 4.69) is 0 Å². The molecule has 0 amide bonds. The highest BCUT2D eigenvalue weighted by Gasteiger charge is 2.28. The van der Waals surface area contributed by atoms with E-state index in [1.54, 1.807) is 32.9 Å². The topological polar surface area (TPSA) is 101 Å². The highest BCUT2D eigenvalue weighted by molar-refractivity contribution is 7.92. The minimum Gasteiger partial charge on any atom is -0.478 e. The van der Waals surface area contributed by atoms with Gasteiger partial charge in [-0.3, -0.25) is 4.31 Å². The standard InChI is InChI=1S/C19H21NO6S/c1-4-26-19(23)15-8-5-9-16(11-15)20(13(2)3)27(24,25)17-10-6-7-14(12-17)18(21)22/h5-13H,4H2,1-3H3,(H,21,22). The van der Waals surface area contributed by atoms with Gasteiger partial charge in [0.1, 0.15) is 0 Å². The SMILES string of the molecule is CCOC(=O)c1cccc(N(C(C)C)S(=O)(=O)c2cccc(C(=O)O)c2)c1. The van der Waals surface area contributed by atoms with Gasteiger partial charge in [0.15, 0.2) is 0 Å². The average Bonchev–Trinajstić information content (AvgIpc) is 2.62. The lowest BCUT2D eigenvalue weighted by atomic mass is 10.2. The van der Waals surface area contributed by atoms with E-state index in [4.69, 9.17) is 9.84 Å². The van der Waals surface area contributed by atoms with Gasteiger partial charge in [0, 0.05) is 6.04 Å². The second-order valence-corrected chi connectivity index (χ2v) is 7.81. The van der Waals surface area contributed by atoms with Gasteiger partial charge in [-0.15, -0.1) is 0 Å². The van der Waals surface area contributed by atoms with Crippen LogP contribution in [0.1, 0.15) is 41.5 Å². The Hall–Kier alpha value is -2.87. The van der Waals surface area contributed by atoms with Crippen molar-refractivity contribution in [1.82, 2.24) is 0 Å². The van der Waals surface area contributed by atoms with Crippen molar-refractivity contribution in [3.8, 4) is 0 Å². The molecule has 8 heteroatoms. The van der Waals surface area contributed by atoms with E-state index >= 15 is 0 Å². The fourth-order valence-corrected chi connectivity index (χ4v) is 4.30. The van der Waals surface area contributed by atoms with Crippen LogP contribution in [0.2, 0.25) is 0 Å². The minimum atomic E-state index is -4.05. The van der Waals surface area contributed by atoms with Gasteiger partial charge >= 0.3 is 11.9 Å². The Kier molecular flexibility index (Phi) is 6.22. The van der Waals surface area contributed by atoms with Crippen molar-refractivity contribution < 1.29 is 27.9 Å². The molecule has 0 aliphatic rings. The van der Waals surface area contributed by atoms with Crippen LogP contribution in [0, 0.1) is 0 Å². The fraction of sp³-hybridized carbons (Fsp3) is 0.263. The number of hydrogen-bond donors (Lipinski definition) is 1. The predicted molar refractivity (Wildman–Crippen MR) is 101 cm³/mol. The quantitative estimate of drug-likeness (QED) is 0.728. The first-order chi connectivity index (χ1) is 12.7. The molecule has 0 heterocycles. The van der Waals surface area contributed by atoms with Crippen molar-refractivity contribution in [1.29, 1.82) is 0 Å². The van der Waals surface area contributed by atoms with Gasteiger partial charge in [-0.2, -0.15) is 0 Å². The third kappa shape index (κ3) is 4.46. The molecule has 2 aromatic carbocycles. The van der Waals surface area contributed by atoms with E-state index in [1.165, 1.54) is 30.3 Å². The third-order valence-corrected chi connectivity index (χ3v) is 5.72. The summed E-state index contributed by atoms with van der Waals surface area (Å²) < 4.78 is 32.5. The molecule has 7 nitrogen and oxygen atoms in total. The van der Waals surface area contributed by atoms with Crippen LogP contribution < -0.4 is 4.31 Å². The Bertz CT molecular complexity index is 952. The molecular weight excluding hydrogens is 370 g/mol. The van der Waals surface area contributed by atoms with Crippen molar-refractivity contribution in [3.63, 3.8) is 0 Å². The highest BCUT2D eigenvalue weighted by Crippen LogP contribution is 2.27. The molecule has 0 aromatic heterocycles. The molecule has 0 radical (unpaired) electrons. The van der Waals surface area contributed by atoms with Crippen LogP contribution in [0.5, 0.6) is 0 Å². The molecule has 0 fully saturated rings. The van der Waals surface area contributed by atoms with Crippen LogP contribution in [0.3, 0.4) is 0 Å². The minimum absolute atomic E-state index is 0.125. The number of aromatic carboxylic acids is 1. The van der Waals surface area contributed by atoms with Crippen molar-refractivity contribution in [2.24, 2.45) is 0 Å². The van der Waals surface area contributed by atoms with Gasteiger partial charge in [-0.05, 0) is 57.2 Å². The van der Waals surface area contributed by atoms with Crippen LogP contribution in [-0.2, 0) is 14.8 Å². The van der Waals surface area contributed by atoms with Crippen LogP contribution in [-0.4, -0.2) is 38.1 Å². The van der Waals surface area contributed by atoms with Crippen molar-refractivity contribution in [2.45, 2.75) is 31.7 Å². The maximum atomic E-state index is 13.2. The maximum Gasteiger partial charge on any atom is 0.338 e. The van der Waals surface area contributed by atoms with Crippen LogP contribution in [0.25, 0.3) is 0 Å². The van der Waals surface area contributed by atoms with Crippen molar-refractivity contribution >= 4 is 27.6 Å². The predicted octanol–water partition coefficient (Wildman–Crippen LogP) is 3.17. The van der Waals surface area contributed by atoms with Crippen LogP contribution in [0.15, 0.2) is 53.4 Å². The van der Waals surface area contributed by atoms with Gasteiger partial charge in [0.05, 0.1) is 28.3 Å². The lowest BCUT2D eigenvalue weighted by Gasteiger charge is -2.28. The number of carbonyl (C=O) groups is 2. The number of carbonyl (C=O) groups excluding carboxylic acids is 1. The first-order valence-corrected chi connectivity index (χ1v) is 9.77. The van der Waals surface area contributed by atoms with E-state index in [0.29, 0.717) is 0 Å². The molecule has 27 heavy (non-hydrogen) atoms. The molecule has 0 saturated heterocycles. The van der Waals surface area contributed by atoms with Gasteiger partial charge in [-0.1, -0.05) is 12.1 Å². The summed E-state index contributed by atoms with van der Waals surface area (Å²) in [6.45, 7) is 5.27. The number of hydrogen-bond acceptors (Lipinski definition) is 5. The Morgan fingerprint density at radius 1 is 1.07 bits per heavy atom. The second-order valence-electron chi connectivity index (χ2n) is 6.00. The zero-order valence-electron chi connectivity index (χ0n) is 15.2. The van der Waals surface area contributed by atoms with Gasteiger partial charge < -0.3 is 9.84 Å². The zero-order valence-corrected chi connectivity index (χ0v) is 16.1. The largest absolute Gasteiger partial charge is 0.478 e. The smallest absolute Gasteiger partial charge is 0.338 e. The number of carboxylic acid groups (broad SMARTS) is 1. The Morgan fingerprint density at radius 2 is 1.70 bits per heavy atom. The molecule has 0 unspecified atom stereocenters. The summed E-state index contributed by atoms with van der Waals surface area (Å²) in [5.74, 6) is -1.76. The summed E-state index contributed by atoms with van der Waals surface area (Å²) in [6.07, 6.45) is 0. The molecule has 144 valence electrons. The first-order valence-electron chi connectivity index (χ1n) is 8.33. The van der Waals surface area contributed by atoms with E-state index in [9.17, 15) is 18.0 Å². The molecule has 0 aliphatic carbocycles. The number of carboxylic acids is 1. The van der Waals surface area contributed by atoms with E-state index in [-0.39, 0.29) is 28.3 Å². The maximum absolute atomic E-state index is 13.2. The fourth-order valence-electron chi connectivity index (χ4n) is 2.60. The Balaban J connectivity index is 2.54. The molecular formula is C19H21NO6S. The van der Waals surface area contributed by atoms with Crippen molar-refractivity contribution in [2.75, 3.05) is 10.9 Å². The lowest BCUT2D eigenvalue weighted by Crippen LogP contribution is -2.37. The second kappa shape index (κ2) is 8.22. The molecule has 0 spiro atoms. The van der Waals surface area contributed by atoms with Gasteiger partial charge in [0.25, 0.3) is 10.0 Å². The van der Waals surface area contributed by atoms with E-state index < -0.39 is 28.0 Å². The molecule has 1 N–H and O–H groups in total. The number of esters is 1. The number of ether oxygens (including phenoxy) is 1. The lowest BCUT2D eigenvalue weighted by molar-refractivity contribution is 0.0525. The zero-order chi connectivity index (χ0) is 20.2. The van der Waals surface area contributed by atoms with Gasteiger partial charge in [0.2, 0.25) is 0 Å². The third-order valence-electron chi connectivity index (χ3n) is 3.72. The molecule has 0 saturated carbocycles. The Labute approximate surface area is 158 Å². The summed E-state index contributed by atoms with van der Waals surface area (Å²) in [4.78, 5) is 23.0. The number of anilines is 1. The highest BCUT2D eigenvalue weighted by atomic mass is 32.2. The molecule has 2 aromatic rings. The van der Waals surface area contributed by atoms with Crippen LogP contribution >= 0.6 is 0 Å². The molecule has 0 aliphatic heterocycles. The Morgan fingerprint density at radius 3 is 2.30 bits per heavy atom. The number of rotatable bonds is 7. The monoisotopic (exact) mass is 391 g/mol. The summed E-state index contributed by atoms with van der Waals surface area (Å²) in [7, 11) is -4.05. The molecule has 0 atom stereocenters. The first kappa shape index (κ1) is 20.4. The number of sulfonamides is 1. The van der Waals surface area contributed by atoms with E-state index in [0.717, 1.165) is 10.4 Å². The van der Waals surface area contributed by atoms with Crippen molar-refractivity contribution in [3.05, 3.63) is 59.7 Å². The van der Waals surface area contributed by atoms with Crippen LogP contribution in [0.4, 0.5) is 5.69 Å². The number of nitrogens with zero attached hydrogens (tertiary/aromatic N) is 1. The number of benzene rings is 2. The molecule has 2 rings (SSSR count). The average molecular weight is 391 g/mol. The normalized spacial score (nSPS) is 11.3. The summed E-state index contributed by atoms with van der Waals surface area (Å²) in [6, 6.07) is 10.8. The summed E-state index contributed by atoms with van der Waals surface area (Å²) >= 11 is 0. The summed E-state index contributed by atoms with van der Waals surface area (Å²) in [5, 5.41) is 9.13. The van der Waals surface area contributed by atoms with E-state index in [1.807, 2.05) is 0 Å². The molecule has 0 bridgehead atoms. The summed E-state index contributed by atoms with van der Waals surface area (Å²) in [5.41, 5.74) is 0.394. The van der Waals surface area contributed by atoms with Gasteiger partial charge in [-0.25, -0.2) is 18.0 Å².